The third-order valence-electron chi connectivity index (χ3n) is 4.45. The highest BCUT2D eigenvalue weighted by atomic mass is 35.5. The second kappa shape index (κ2) is 8.76. The van der Waals surface area contributed by atoms with Gasteiger partial charge in [0.05, 0.1) is 7.11 Å². The van der Waals surface area contributed by atoms with Gasteiger partial charge in [-0.1, -0.05) is 35.9 Å². The lowest BCUT2D eigenvalue weighted by molar-refractivity contribution is -0.131. The number of methoxy groups -OCH3 is 1. The van der Waals surface area contributed by atoms with Crippen LogP contribution in [0.3, 0.4) is 0 Å². The molecule has 0 bridgehead atoms. The number of rotatable bonds is 6. The predicted octanol–water partition coefficient (Wildman–Crippen LogP) is 3.84. The summed E-state index contributed by atoms with van der Waals surface area (Å²) in [6.07, 6.45) is 1.70. The van der Waals surface area contributed by atoms with Crippen molar-refractivity contribution in [2.45, 2.75) is 13.1 Å². The van der Waals surface area contributed by atoms with Crippen LogP contribution in [0, 0.1) is 0 Å². The Hall–Kier alpha value is -3.05. The van der Waals surface area contributed by atoms with E-state index in [2.05, 4.69) is 0 Å². The fourth-order valence-corrected chi connectivity index (χ4v) is 3.09. The van der Waals surface area contributed by atoms with E-state index in [4.69, 9.17) is 16.3 Å². The summed E-state index contributed by atoms with van der Waals surface area (Å²) in [5, 5.41) is 0.627. The second-order valence-electron chi connectivity index (χ2n) is 6.49. The molecule has 0 fully saturated rings. The molecule has 0 aliphatic rings. The van der Waals surface area contributed by atoms with Gasteiger partial charge in [-0.05, 0) is 47.0 Å². The van der Waals surface area contributed by atoms with E-state index in [9.17, 15) is 9.59 Å². The molecule has 0 spiro atoms. The predicted molar refractivity (Wildman–Crippen MR) is 111 cm³/mol. The van der Waals surface area contributed by atoms with E-state index >= 15 is 0 Å². The summed E-state index contributed by atoms with van der Waals surface area (Å²) >= 11 is 6.00. The van der Waals surface area contributed by atoms with Gasteiger partial charge in [0.25, 0.3) is 5.56 Å². The second-order valence-corrected chi connectivity index (χ2v) is 6.93. The van der Waals surface area contributed by atoms with Crippen LogP contribution in [0.1, 0.15) is 5.56 Å². The summed E-state index contributed by atoms with van der Waals surface area (Å²) in [7, 11) is 3.32. The van der Waals surface area contributed by atoms with E-state index in [0.717, 1.165) is 22.4 Å². The topological polar surface area (TPSA) is 51.5 Å². The van der Waals surface area contributed by atoms with E-state index in [1.807, 2.05) is 42.5 Å². The van der Waals surface area contributed by atoms with Gasteiger partial charge < -0.3 is 14.2 Å². The number of amides is 1. The normalized spacial score (nSPS) is 10.5. The van der Waals surface area contributed by atoms with Crippen molar-refractivity contribution < 1.29 is 9.53 Å². The summed E-state index contributed by atoms with van der Waals surface area (Å²) in [5.74, 6) is 0.601. The average Bonchev–Trinajstić information content (AvgIpc) is 2.69. The van der Waals surface area contributed by atoms with E-state index in [0.29, 0.717) is 11.6 Å². The molecular formula is C22H21ClN2O3. The minimum absolute atomic E-state index is 0.0279. The van der Waals surface area contributed by atoms with Gasteiger partial charge in [-0.25, -0.2) is 0 Å². The molecule has 144 valence electrons. The van der Waals surface area contributed by atoms with Crippen molar-refractivity contribution in [2.24, 2.45) is 0 Å². The van der Waals surface area contributed by atoms with Gasteiger partial charge in [0, 0.05) is 30.9 Å². The first-order valence-electron chi connectivity index (χ1n) is 8.79. The molecule has 1 amide bonds. The number of hydrogen-bond acceptors (Lipinski definition) is 3. The molecule has 0 atom stereocenters. The third-order valence-corrected chi connectivity index (χ3v) is 4.68. The lowest BCUT2D eigenvalue weighted by Gasteiger charge is -2.18. The number of carbonyl (C=O) groups is 1. The molecule has 0 aliphatic heterocycles. The van der Waals surface area contributed by atoms with Crippen LogP contribution in [0.4, 0.5) is 0 Å². The molecule has 0 aliphatic carbocycles. The maximum absolute atomic E-state index is 12.6. The number of likely N-dealkylation sites (N-methyl/N-ethyl adjacent to an activating group) is 1. The van der Waals surface area contributed by atoms with Gasteiger partial charge in [0.2, 0.25) is 5.91 Å². The highest BCUT2D eigenvalue weighted by molar-refractivity contribution is 6.30. The Morgan fingerprint density at radius 3 is 2.46 bits per heavy atom. The number of benzene rings is 2. The Kier molecular flexibility index (Phi) is 6.16. The molecule has 2 aromatic carbocycles. The number of hydrogen-bond donors (Lipinski definition) is 0. The number of nitrogens with zero attached hydrogens (tertiary/aromatic N) is 2. The number of carbonyl (C=O) groups excluding carboxylic acids is 1. The summed E-state index contributed by atoms with van der Waals surface area (Å²) in [6.45, 7) is 0.395. The summed E-state index contributed by atoms with van der Waals surface area (Å²) < 4.78 is 6.60. The van der Waals surface area contributed by atoms with Crippen LogP contribution < -0.4 is 10.3 Å². The Balaban J connectivity index is 1.75. The molecule has 1 aromatic heterocycles. The summed E-state index contributed by atoms with van der Waals surface area (Å²) in [4.78, 5) is 26.4. The standard InChI is InChI=1S/C22H21ClN2O3/c1-24(13-16-4-3-5-19(23)12-16)22(27)15-25-14-18(8-11-21(25)26)17-6-9-20(28-2)10-7-17/h3-12,14H,13,15H2,1-2H3. The number of halogens is 1. The Labute approximate surface area is 168 Å². The molecule has 28 heavy (non-hydrogen) atoms. The van der Waals surface area contributed by atoms with Crippen molar-refractivity contribution in [3.05, 3.63) is 87.8 Å². The lowest BCUT2D eigenvalue weighted by Crippen LogP contribution is -2.33. The van der Waals surface area contributed by atoms with Crippen LogP contribution >= 0.6 is 11.6 Å². The molecule has 1 heterocycles. The van der Waals surface area contributed by atoms with Gasteiger partial charge in [0.15, 0.2) is 0 Å². The molecule has 0 saturated carbocycles. The first-order chi connectivity index (χ1) is 13.5. The zero-order valence-electron chi connectivity index (χ0n) is 15.8. The van der Waals surface area contributed by atoms with Crippen LogP contribution in [0.5, 0.6) is 5.75 Å². The van der Waals surface area contributed by atoms with E-state index < -0.39 is 0 Å². The monoisotopic (exact) mass is 396 g/mol. The smallest absolute Gasteiger partial charge is 0.251 e. The Morgan fingerprint density at radius 1 is 1.07 bits per heavy atom. The maximum atomic E-state index is 12.6. The van der Waals surface area contributed by atoms with E-state index in [1.165, 1.54) is 10.6 Å². The van der Waals surface area contributed by atoms with Gasteiger partial charge >= 0.3 is 0 Å². The van der Waals surface area contributed by atoms with Crippen molar-refractivity contribution in [1.82, 2.24) is 9.47 Å². The minimum atomic E-state index is -0.221. The summed E-state index contributed by atoms with van der Waals surface area (Å²) in [6, 6.07) is 18.1. The number of aromatic nitrogens is 1. The summed E-state index contributed by atoms with van der Waals surface area (Å²) in [5.41, 5.74) is 2.51. The van der Waals surface area contributed by atoms with Crippen LogP contribution in [0.15, 0.2) is 71.7 Å². The Morgan fingerprint density at radius 2 is 1.79 bits per heavy atom. The molecule has 5 nitrogen and oxygen atoms in total. The van der Waals surface area contributed by atoms with Crippen LogP contribution in [-0.4, -0.2) is 29.5 Å². The SMILES string of the molecule is COc1ccc(-c2ccc(=O)n(CC(=O)N(C)Cc3cccc(Cl)c3)c2)cc1. The average molecular weight is 397 g/mol. The van der Waals surface area contributed by atoms with E-state index in [-0.39, 0.29) is 18.0 Å². The molecule has 6 heteroatoms. The van der Waals surface area contributed by atoms with Crippen molar-refractivity contribution in [3.63, 3.8) is 0 Å². The first kappa shape index (κ1) is 19.7. The van der Waals surface area contributed by atoms with Crippen LogP contribution in [-0.2, 0) is 17.9 Å². The fourth-order valence-electron chi connectivity index (χ4n) is 2.87. The molecule has 3 rings (SSSR count). The number of pyridine rings is 1. The van der Waals surface area contributed by atoms with Gasteiger partial charge in [-0.2, -0.15) is 0 Å². The van der Waals surface area contributed by atoms with Crippen molar-refractivity contribution in [1.29, 1.82) is 0 Å². The van der Waals surface area contributed by atoms with Gasteiger partial charge in [0.1, 0.15) is 12.3 Å². The van der Waals surface area contributed by atoms with Crippen molar-refractivity contribution in [3.8, 4) is 16.9 Å². The molecule has 0 saturated heterocycles. The quantitative estimate of drug-likeness (QED) is 0.636. The van der Waals surface area contributed by atoms with Crippen LogP contribution in [0.2, 0.25) is 5.02 Å². The third kappa shape index (κ3) is 4.81. The van der Waals surface area contributed by atoms with Crippen molar-refractivity contribution in [2.75, 3.05) is 14.2 Å². The minimum Gasteiger partial charge on any atom is -0.497 e. The highest BCUT2D eigenvalue weighted by Gasteiger charge is 2.12. The van der Waals surface area contributed by atoms with Crippen molar-refractivity contribution >= 4 is 17.5 Å². The van der Waals surface area contributed by atoms with Gasteiger partial charge in [-0.3, -0.25) is 9.59 Å². The maximum Gasteiger partial charge on any atom is 0.251 e. The highest BCUT2D eigenvalue weighted by Crippen LogP contribution is 2.21. The van der Waals surface area contributed by atoms with Gasteiger partial charge in [-0.15, -0.1) is 0 Å². The van der Waals surface area contributed by atoms with E-state index in [1.54, 1.807) is 37.4 Å². The Bertz CT molecular complexity index is 1030. The molecular weight excluding hydrogens is 376 g/mol. The molecule has 0 unspecified atom stereocenters. The zero-order valence-corrected chi connectivity index (χ0v) is 16.5. The first-order valence-corrected chi connectivity index (χ1v) is 9.17. The van der Waals surface area contributed by atoms with Crippen LogP contribution in [0.25, 0.3) is 11.1 Å². The fraction of sp³-hybridized carbons (Fsp3) is 0.182. The molecule has 0 N–H and O–H groups in total. The lowest BCUT2D eigenvalue weighted by atomic mass is 10.1. The molecule has 3 aromatic rings. The largest absolute Gasteiger partial charge is 0.497 e. The zero-order chi connectivity index (χ0) is 20.1. The number of ether oxygens (including phenoxy) is 1. The molecule has 0 radical (unpaired) electrons.